The van der Waals surface area contributed by atoms with E-state index in [1.165, 1.54) is 0 Å². The lowest BCUT2D eigenvalue weighted by Crippen LogP contribution is -2.39. The third kappa shape index (κ3) is 8.46. The van der Waals surface area contributed by atoms with E-state index < -0.39 is 0 Å². The quantitative estimate of drug-likeness (QED) is 0.403. The molecule has 0 aliphatic carbocycles. The minimum atomic E-state index is 0. The molecule has 0 spiro atoms. The molecule has 2 rings (SSSR count). The Labute approximate surface area is 86.6 Å². The Bertz CT molecular complexity index is 59.1. The van der Waals surface area contributed by atoms with Gasteiger partial charge < -0.3 is 21.3 Å². The van der Waals surface area contributed by atoms with Gasteiger partial charge in [0.15, 0.2) is 0 Å². The van der Waals surface area contributed by atoms with Crippen molar-refractivity contribution >= 4 is 12.4 Å². The van der Waals surface area contributed by atoms with Crippen molar-refractivity contribution in [2.45, 2.75) is 0 Å². The monoisotopic (exact) mass is 208 g/mol. The molecule has 0 aromatic rings. The first-order valence-corrected chi connectivity index (χ1v) is 4.83. The number of nitrogens with one attached hydrogen (secondary N) is 4. The molecule has 0 aromatic heterocycles. The highest BCUT2D eigenvalue weighted by Gasteiger charge is 1.92. The molecule has 4 N–H and O–H groups in total. The molecule has 5 heteroatoms. The standard InChI is InChI=1S/2C4H10N2.ClH/c2*1-2-6-4-3-5-1;/h2*5-6H,1-4H2;1H. The summed E-state index contributed by atoms with van der Waals surface area (Å²) < 4.78 is 0. The summed E-state index contributed by atoms with van der Waals surface area (Å²) in [6.07, 6.45) is 0. The minimum absolute atomic E-state index is 0. The maximum absolute atomic E-state index is 3.22. The fourth-order valence-electron chi connectivity index (χ4n) is 1.21. The van der Waals surface area contributed by atoms with Crippen LogP contribution in [0, 0.1) is 0 Å². The molecule has 0 saturated carbocycles. The molecule has 2 aliphatic rings. The van der Waals surface area contributed by atoms with E-state index in [-0.39, 0.29) is 12.4 Å². The lowest BCUT2D eigenvalue weighted by Gasteiger charge is -2.11. The number of piperazine rings is 2. The van der Waals surface area contributed by atoms with Crippen LogP contribution in [0.2, 0.25) is 0 Å². The second-order valence-corrected chi connectivity index (χ2v) is 3.00. The predicted molar refractivity (Wildman–Crippen MR) is 58.7 cm³/mol. The van der Waals surface area contributed by atoms with E-state index >= 15 is 0 Å². The molecule has 2 saturated heterocycles. The Morgan fingerprint density at radius 2 is 0.538 bits per heavy atom. The van der Waals surface area contributed by atoms with Gasteiger partial charge in [-0.3, -0.25) is 0 Å². The van der Waals surface area contributed by atoms with Gasteiger partial charge in [-0.1, -0.05) is 0 Å². The summed E-state index contributed by atoms with van der Waals surface area (Å²) in [6.45, 7) is 9.11. The second-order valence-electron chi connectivity index (χ2n) is 3.00. The highest BCUT2D eigenvalue weighted by Crippen LogP contribution is 1.65. The lowest BCUT2D eigenvalue weighted by molar-refractivity contribution is 0.534. The van der Waals surface area contributed by atoms with Crippen LogP contribution in [0.5, 0.6) is 0 Å². The van der Waals surface area contributed by atoms with Gasteiger partial charge >= 0.3 is 0 Å². The average molecular weight is 209 g/mol. The zero-order chi connectivity index (χ0) is 8.49. The number of halogens is 1. The van der Waals surface area contributed by atoms with Gasteiger partial charge in [-0.05, 0) is 0 Å². The predicted octanol–water partition coefficient (Wildman–Crippen LogP) is -1.22. The summed E-state index contributed by atoms with van der Waals surface area (Å²) >= 11 is 0. The Hall–Kier alpha value is 0.130. The fourth-order valence-corrected chi connectivity index (χ4v) is 1.21. The molecule has 0 bridgehead atoms. The van der Waals surface area contributed by atoms with E-state index in [1.807, 2.05) is 0 Å². The zero-order valence-corrected chi connectivity index (χ0v) is 8.88. The molecule has 2 heterocycles. The van der Waals surface area contributed by atoms with E-state index in [0.29, 0.717) is 0 Å². The maximum atomic E-state index is 3.22. The van der Waals surface area contributed by atoms with Crippen LogP contribution >= 0.6 is 12.4 Å². The van der Waals surface area contributed by atoms with Gasteiger partial charge in [-0.15, -0.1) is 12.4 Å². The maximum Gasteiger partial charge on any atom is 0.00772 e. The molecule has 0 radical (unpaired) electrons. The molecular weight excluding hydrogens is 188 g/mol. The third-order valence-electron chi connectivity index (χ3n) is 1.91. The van der Waals surface area contributed by atoms with Gasteiger partial charge in [0.05, 0.1) is 0 Å². The van der Waals surface area contributed by atoms with E-state index in [4.69, 9.17) is 0 Å². The van der Waals surface area contributed by atoms with Crippen LogP contribution in [-0.2, 0) is 0 Å². The summed E-state index contributed by atoms with van der Waals surface area (Å²) in [5, 5.41) is 12.9. The van der Waals surface area contributed by atoms with Gasteiger partial charge in [0.25, 0.3) is 0 Å². The molecule has 13 heavy (non-hydrogen) atoms. The van der Waals surface area contributed by atoms with Gasteiger partial charge in [0, 0.05) is 52.4 Å². The Kier molecular flexibility index (Phi) is 10.3. The molecule has 2 aliphatic heterocycles. The van der Waals surface area contributed by atoms with E-state index in [0.717, 1.165) is 52.4 Å². The van der Waals surface area contributed by atoms with Crippen molar-refractivity contribution in [3.63, 3.8) is 0 Å². The van der Waals surface area contributed by atoms with Crippen molar-refractivity contribution in [3.8, 4) is 0 Å². The SMILES string of the molecule is C1CNCCN1.C1CNCCN1.Cl. The number of hydrogen-bond donors (Lipinski definition) is 4. The van der Waals surface area contributed by atoms with E-state index in [1.54, 1.807) is 0 Å². The topological polar surface area (TPSA) is 48.1 Å². The Morgan fingerprint density at radius 3 is 0.615 bits per heavy atom. The molecule has 2 fully saturated rings. The normalized spacial score (nSPS) is 22.2. The van der Waals surface area contributed by atoms with Crippen LogP contribution in [0.4, 0.5) is 0 Å². The summed E-state index contributed by atoms with van der Waals surface area (Å²) in [7, 11) is 0. The van der Waals surface area contributed by atoms with Crippen molar-refractivity contribution in [3.05, 3.63) is 0 Å². The van der Waals surface area contributed by atoms with E-state index in [9.17, 15) is 0 Å². The van der Waals surface area contributed by atoms with Gasteiger partial charge in [0.2, 0.25) is 0 Å². The summed E-state index contributed by atoms with van der Waals surface area (Å²) in [4.78, 5) is 0. The van der Waals surface area contributed by atoms with Crippen LogP contribution in [0.25, 0.3) is 0 Å². The van der Waals surface area contributed by atoms with Crippen molar-refractivity contribution in [2.24, 2.45) is 0 Å². The molecule has 80 valence electrons. The number of hydrogen-bond acceptors (Lipinski definition) is 4. The fraction of sp³-hybridized carbons (Fsp3) is 1.00. The first kappa shape index (κ1) is 13.1. The Balaban J connectivity index is 0.000000206. The molecule has 0 unspecified atom stereocenters. The first-order valence-electron chi connectivity index (χ1n) is 4.83. The summed E-state index contributed by atoms with van der Waals surface area (Å²) in [5.74, 6) is 0. The highest BCUT2D eigenvalue weighted by molar-refractivity contribution is 5.85. The number of rotatable bonds is 0. The van der Waals surface area contributed by atoms with Crippen LogP contribution < -0.4 is 21.3 Å². The molecule has 0 aromatic carbocycles. The largest absolute Gasteiger partial charge is 0.314 e. The van der Waals surface area contributed by atoms with Crippen molar-refractivity contribution in [1.29, 1.82) is 0 Å². The molecular formula is C8H21ClN4. The van der Waals surface area contributed by atoms with Crippen LogP contribution in [0.3, 0.4) is 0 Å². The van der Waals surface area contributed by atoms with Gasteiger partial charge in [0.1, 0.15) is 0 Å². The van der Waals surface area contributed by atoms with Crippen LogP contribution in [0.1, 0.15) is 0 Å². The average Bonchev–Trinajstić information content (AvgIpc) is 2.24. The zero-order valence-electron chi connectivity index (χ0n) is 8.07. The van der Waals surface area contributed by atoms with Crippen LogP contribution in [-0.4, -0.2) is 52.4 Å². The van der Waals surface area contributed by atoms with Gasteiger partial charge in [-0.25, -0.2) is 0 Å². The van der Waals surface area contributed by atoms with Gasteiger partial charge in [-0.2, -0.15) is 0 Å². The smallest absolute Gasteiger partial charge is 0.00772 e. The molecule has 4 nitrogen and oxygen atoms in total. The highest BCUT2D eigenvalue weighted by atomic mass is 35.5. The summed E-state index contributed by atoms with van der Waals surface area (Å²) in [6, 6.07) is 0. The van der Waals surface area contributed by atoms with Crippen molar-refractivity contribution < 1.29 is 0 Å². The Morgan fingerprint density at radius 1 is 0.385 bits per heavy atom. The summed E-state index contributed by atoms with van der Waals surface area (Å²) in [5.41, 5.74) is 0. The molecule has 0 amide bonds. The van der Waals surface area contributed by atoms with Crippen LogP contribution in [0.15, 0.2) is 0 Å². The molecule has 0 atom stereocenters. The van der Waals surface area contributed by atoms with Crippen molar-refractivity contribution in [1.82, 2.24) is 21.3 Å². The second kappa shape index (κ2) is 10.2. The van der Waals surface area contributed by atoms with Crippen molar-refractivity contribution in [2.75, 3.05) is 52.4 Å². The van der Waals surface area contributed by atoms with E-state index in [2.05, 4.69) is 21.3 Å². The third-order valence-corrected chi connectivity index (χ3v) is 1.91. The minimum Gasteiger partial charge on any atom is -0.314 e. The lowest BCUT2D eigenvalue weighted by atomic mass is 10.4. The first-order chi connectivity index (χ1) is 6.00.